The SMILES string of the molecule is O=C(CCN1CCSC1=O)NC[C@@H](c1ccc(F)cc1)N1CCOCC1. The average Bonchev–Trinajstić information content (AvgIpc) is 3.07. The van der Waals surface area contributed by atoms with Gasteiger partial charge in [0.05, 0.1) is 19.3 Å². The molecule has 2 aliphatic heterocycles. The van der Waals surface area contributed by atoms with Crippen LogP contribution in [0, 0.1) is 5.82 Å². The van der Waals surface area contributed by atoms with Gasteiger partial charge < -0.3 is 15.0 Å². The van der Waals surface area contributed by atoms with Crippen LogP contribution in [0.3, 0.4) is 0 Å². The van der Waals surface area contributed by atoms with Crippen LogP contribution < -0.4 is 5.32 Å². The number of rotatable bonds is 7. The van der Waals surface area contributed by atoms with Crippen LogP contribution in [0.25, 0.3) is 0 Å². The zero-order valence-electron chi connectivity index (χ0n) is 14.7. The monoisotopic (exact) mass is 381 g/mol. The maximum Gasteiger partial charge on any atom is 0.281 e. The minimum Gasteiger partial charge on any atom is -0.379 e. The van der Waals surface area contributed by atoms with E-state index in [1.54, 1.807) is 17.0 Å². The normalized spacial score (nSPS) is 19.6. The fourth-order valence-corrected chi connectivity index (χ4v) is 4.05. The van der Waals surface area contributed by atoms with Gasteiger partial charge in [-0.3, -0.25) is 14.5 Å². The van der Waals surface area contributed by atoms with Gasteiger partial charge in [0.2, 0.25) is 5.91 Å². The predicted molar refractivity (Wildman–Crippen MR) is 98.6 cm³/mol. The number of carbonyl (C=O) groups is 2. The molecule has 0 radical (unpaired) electrons. The molecule has 2 heterocycles. The van der Waals surface area contributed by atoms with Crippen LogP contribution in [-0.4, -0.2) is 72.6 Å². The molecule has 26 heavy (non-hydrogen) atoms. The third-order valence-electron chi connectivity index (χ3n) is 4.69. The van der Waals surface area contributed by atoms with Gasteiger partial charge in [0.25, 0.3) is 5.24 Å². The quantitative estimate of drug-likeness (QED) is 0.781. The highest BCUT2D eigenvalue weighted by Gasteiger charge is 2.24. The van der Waals surface area contributed by atoms with Crippen molar-refractivity contribution < 1.29 is 18.7 Å². The lowest BCUT2D eigenvalue weighted by Gasteiger charge is -2.35. The molecule has 0 bridgehead atoms. The van der Waals surface area contributed by atoms with Crippen molar-refractivity contribution in [3.05, 3.63) is 35.6 Å². The lowest BCUT2D eigenvalue weighted by Crippen LogP contribution is -2.44. The number of nitrogens with one attached hydrogen (secondary N) is 1. The van der Waals surface area contributed by atoms with E-state index >= 15 is 0 Å². The predicted octanol–water partition coefficient (Wildman–Crippen LogP) is 1.87. The van der Waals surface area contributed by atoms with E-state index in [-0.39, 0.29) is 23.0 Å². The van der Waals surface area contributed by atoms with Gasteiger partial charge in [-0.05, 0) is 17.7 Å². The van der Waals surface area contributed by atoms with Crippen molar-refractivity contribution in [2.45, 2.75) is 12.5 Å². The van der Waals surface area contributed by atoms with Crippen molar-refractivity contribution in [3.63, 3.8) is 0 Å². The van der Waals surface area contributed by atoms with E-state index in [1.807, 2.05) is 0 Å². The van der Waals surface area contributed by atoms with Crippen molar-refractivity contribution in [1.82, 2.24) is 15.1 Å². The zero-order valence-corrected chi connectivity index (χ0v) is 15.5. The van der Waals surface area contributed by atoms with Gasteiger partial charge >= 0.3 is 0 Å². The average molecular weight is 381 g/mol. The van der Waals surface area contributed by atoms with Crippen molar-refractivity contribution >= 4 is 22.9 Å². The Bertz CT molecular complexity index is 623. The topological polar surface area (TPSA) is 61.9 Å². The molecule has 0 aliphatic carbocycles. The summed E-state index contributed by atoms with van der Waals surface area (Å²) in [5.74, 6) is 0.450. The molecule has 0 unspecified atom stereocenters. The molecule has 8 heteroatoms. The Morgan fingerprint density at radius 1 is 1.23 bits per heavy atom. The van der Waals surface area contributed by atoms with Crippen LogP contribution in [-0.2, 0) is 9.53 Å². The Morgan fingerprint density at radius 3 is 2.62 bits per heavy atom. The second-order valence-electron chi connectivity index (χ2n) is 6.37. The second kappa shape index (κ2) is 9.34. The highest BCUT2D eigenvalue weighted by molar-refractivity contribution is 8.13. The summed E-state index contributed by atoms with van der Waals surface area (Å²) in [5.41, 5.74) is 0.972. The standard InChI is InChI=1S/C18H24FN3O3S/c19-15-3-1-14(2-4-15)16(21-7-10-25-11-8-21)13-20-17(23)5-6-22-9-12-26-18(22)24/h1-4,16H,5-13H2,(H,20,23)/t16-/m0/s1. The van der Waals surface area contributed by atoms with E-state index in [9.17, 15) is 14.0 Å². The van der Waals surface area contributed by atoms with E-state index in [0.717, 1.165) is 24.4 Å². The highest BCUT2D eigenvalue weighted by atomic mass is 32.2. The summed E-state index contributed by atoms with van der Waals surface area (Å²) in [6.07, 6.45) is 0.297. The zero-order chi connectivity index (χ0) is 18.4. The number of ether oxygens (including phenoxy) is 1. The molecule has 0 spiro atoms. The molecule has 3 rings (SSSR count). The molecule has 1 aromatic carbocycles. The Labute approximate surface area is 157 Å². The van der Waals surface area contributed by atoms with E-state index in [4.69, 9.17) is 4.74 Å². The first kappa shape index (κ1) is 19.1. The first-order valence-electron chi connectivity index (χ1n) is 8.89. The number of thioether (sulfide) groups is 1. The highest BCUT2D eigenvalue weighted by Crippen LogP contribution is 2.22. The number of benzene rings is 1. The molecular weight excluding hydrogens is 357 g/mol. The summed E-state index contributed by atoms with van der Waals surface area (Å²) in [6, 6.07) is 6.40. The Kier molecular flexibility index (Phi) is 6.87. The van der Waals surface area contributed by atoms with Crippen molar-refractivity contribution in [1.29, 1.82) is 0 Å². The molecule has 2 amide bonds. The first-order valence-corrected chi connectivity index (χ1v) is 9.88. The Hall–Kier alpha value is -1.64. The fraction of sp³-hybridized carbons (Fsp3) is 0.556. The largest absolute Gasteiger partial charge is 0.379 e. The fourth-order valence-electron chi connectivity index (χ4n) is 3.20. The van der Waals surface area contributed by atoms with Crippen molar-refractivity contribution in [2.24, 2.45) is 0 Å². The molecule has 1 N–H and O–H groups in total. The van der Waals surface area contributed by atoms with Gasteiger partial charge in [-0.2, -0.15) is 0 Å². The first-order chi connectivity index (χ1) is 12.6. The number of carbonyl (C=O) groups excluding carboxylic acids is 2. The summed E-state index contributed by atoms with van der Waals surface area (Å²) < 4.78 is 18.7. The molecule has 6 nitrogen and oxygen atoms in total. The summed E-state index contributed by atoms with van der Waals surface area (Å²) in [4.78, 5) is 27.8. The maximum absolute atomic E-state index is 13.2. The van der Waals surface area contributed by atoms with Gasteiger partial charge in [0.15, 0.2) is 0 Å². The van der Waals surface area contributed by atoms with Gasteiger partial charge in [-0.1, -0.05) is 23.9 Å². The molecule has 1 aromatic rings. The smallest absolute Gasteiger partial charge is 0.281 e. The second-order valence-corrected chi connectivity index (χ2v) is 7.42. The van der Waals surface area contributed by atoms with Gasteiger partial charge in [-0.25, -0.2) is 4.39 Å². The molecule has 2 saturated heterocycles. The van der Waals surface area contributed by atoms with Crippen LogP contribution >= 0.6 is 11.8 Å². The Balaban J connectivity index is 1.55. The summed E-state index contributed by atoms with van der Waals surface area (Å²) in [5, 5.41) is 3.02. The van der Waals surface area contributed by atoms with Crippen molar-refractivity contribution in [2.75, 3.05) is 51.7 Å². The number of morpholine rings is 1. The number of amides is 2. The van der Waals surface area contributed by atoms with Crippen molar-refractivity contribution in [3.8, 4) is 0 Å². The van der Waals surface area contributed by atoms with E-state index < -0.39 is 0 Å². The lowest BCUT2D eigenvalue weighted by atomic mass is 10.0. The van der Waals surface area contributed by atoms with Gasteiger partial charge in [0, 0.05) is 44.9 Å². The Morgan fingerprint density at radius 2 is 1.96 bits per heavy atom. The molecule has 142 valence electrons. The summed E-state index contributed by atoms with van der Waals surface area (Å²) in [7, 11) is 0. The minimum absolute atomic E-state index is 0.0209. The third kappa shape index (κ3) is 5.18. The molecular formula is C18H24FN3O3S. The number of halogens is 1. The summed E-state index contributed by atoms with van der Waals surface area (Å²) >= 11 is 1.30. The summed E-state index contributed by atoms with van der Waals surface area (Å²) in [6.45, 7) is 4.47. The third-order valence-corrected chi connectivity index (χ3v) is 5.58. The van der Waals surface area contributed by atoms with Crippen LogP contribution in [0.2, 0.25) is 0 Å². The van der Waals surface area contributed by atoms with Crippen LogP contribution in [0.5, 0.6) is 0 Å². The van der Waals surface area contributed by atoms with E-state index in [0.29, 0.717) is 39.3 Å². The van der Waals surface area contributed by atoms with Gasteiger partial charge in [-0.15, -0.1) is 0 Å². The molecule has 2 fully saturated rings. The molecule has 2 aliphatic rings. The lowest BCUT2D eigenvalue weighted by molar-refractivity contribution is -0.121. The van der Waals surface area contributed by atoms with E-state index in [2.05, 4.69) is 10.2 Å². The molecule has 1 atom stereocenters. The minimum atomic E-state index is -0.272. The number of hydrogen-bond acceptors (Lipinski definition) is 5. The van der Waals surface area contributed by atoms with Crippen LogP contribution in [0.15, 0.2) is 24.3 Å². The number of nitrogens with zero attached hydrogens (tertiary/aromatic N) is 2. The van der Waals surface area contributed by atoms with Gasteiger partial charge in [0.1, 0.15) is 5.82 Å². The molecule has 0 saturated carbocycles. The van der Waals surface area contributed by atoms with E-state index in [1.165, 1.54) is 23.9 Å². The van der Waals surface area contributed by atoms with Crippen LogP contribution in [0.1, 0.15) is 18.0 Å². The maximum atomic E-state index is 13.2. The number of hydrogen-bond donors (Lipinski definition) is 1. The molecule has 0 aromatic heterocycles. The van der Waals surface area contributed by atoms with Crippen LogP contribution in [0.4, 0.5) is 9.18 Å².